The maximum absolute atomic E-state index is 14.7. The van der Waals surface area contributed by atoms with Crippen molar-refractivity contribution in [3.63, 3.8) is 0 Å². The Kier molecular flexibility index (Phi) is 7.34. The highest BCUT2D eigenvalue weighted by molar-refractivity contribution is 7.88. The molecule has 1 fully saturated rings. The first-order valence-corrected chi connectivity index (χ1v) is 11.9. The summed E-state index contributed by atoms with van der Waals surface area (Å²) in [5, 5.41) is 7.15. The van der Waals surface area contributed by atoms with E-state index < -0.39 is 28.0 Å². The number of nitrogens with zero attached hydrogens (tertiary/aromatic N) is 3. The highest BCUT2D eigenvalue weighted by atomic mass is 32.2. The molecule has 0 aromatic carbocycles. The van der Waals surface area contributed by atoms with Crippen molar-refractivity contribution >= 4 is 27.5 Å². The Hall–Kier alpha value is -2.73. The number of imidazole rings is 1. The van der Waals surface area contributed by atoms with E-state index in [1.165, 1.54) is 12.3 Å². The van der Waals surface area contributed by atoms with Gasteiger partial charge in [0.1, 0.15) is 5.82 Å². The maximum atomic E-state index is 14.7. The monoisotopic (exact) mass is 470 g/mol. The van der Waals surface area contributed by atoms with Gasteiger partial charge in [-0.05, 0) is 43.9 Å². The third-order valence-electron chi connectivity index (χ3n) is 5.29. The van der Waals surface area contributed by atoms with Gasteiger partial charge in [-0.15, -0.1) is 0 Å². The Morgan fingerprint density at radius 2 is 2.12 bits per heavy atom. The van der Waals surface area contributed by atoms with Crippen LogP contribution >= 0.6 is 0 Å². The summed E-state index contributed by atoms with van der Waals surface area (Å²) < 4.78 is 64.9. The molecule has 0 spiro atoms. The summed E-state index contributed by atoms with van der Waals surface area (Å²) >= 11 is 0. The number of hydrogen-bond donors (Lipinski definition) is 3. The summed E-state index contributed by atoms with van der Waals surface area (Å²) in [6, 6.07) is 1.63. The molecule has 2 aromatic heterocycles. The molecule has 2 unspecified atom stereocenters. The van der Waals surface area contributed by atoms with Gasteiger partial charge in [-0.3, -0.25) is 10.4 Å². The fourth-order valence-corrected chi connectivity index (χ4v) is 4.08. The van der Waals surface area contributed by atoms with Crippen molar-refractivity contribution in [2.75, 3.05) is 24.2 Å². The Balaban J connectivity index is 1.80. The number of pyridine rings is 1. The standard InChI is InChI=1S/C20H25F3N6O2S/c1-12-3-4-13(8-27-32(2,30)31)11-29(12)18-7-16(25-9-14(18)21)17-10-26-19(28-17)6-5-15(24)20(22)23/h5-7,9-10,12-13,20,24,27H,3-4,8,11H2,1-2H3,(H,26,28)/b6-5-,24-15?. The minimum Gasteiger partial charge on any atom is -0.366 e. The maximum Gasteiger partial charge on any atom is 0.279 e. The van der Waals surface area contributed by atoms with E-state index >= 15 is 0 Å². The second kappa shape index (κ2) is 9.82. The lowest BCUT2D eigenvalue weighted by molar-refractivity contribution is 0.226. The lowest BCUT2D eigenvalue weighted by atomic mass is 9.93. The molecule has 0 bridgehead atoms. The number of allylic oxidation sites excluding steroid dienone is 1. The largest absolute Gasteiger partial charge is 0.366 e. The molecule has 1 aliphatic rings. The first-order valence-electron chi connectivity index (χ1n) is 10.0. The van der Waals surface area contributed by atoms with Gasteiger partial charge in [0.2, 0.25) is 10.0 Å². The van der Waals surface area contributed by atoms with Gasteiger partial charge < -0.3 is 9.88 Å². The summed E-state index contributed by atoms with van der Waals surface area (Å²) in [5.74, 6) is -0.204. The fraction of sp³-hybridized carbons (Fsp3) is 0.450. The van der Waals surface area contributed by atoms with Crippen LogP contribution in [0.1, 0.15) is 25.6 Å². The predicted octanol–water partition coefficient (Wildman–Crippen LogP) is 3.06. The Morgan fingerprint density at radius 1 is 1.38 bits per heavy atom. The Labute approximate surface area is 184 Å². The van der Waals surface area contributed by atoms with Gasteiger partial charge in [0.05, 0.1) is 41.4 Å². The molecule has 0 amide bonds. The fourth-order valence-electron chi connectivity index (χ4n) is 3.54. The molecule has 0 radical (unpaired) electrons. The lowest BCUT2D eigenvalue weighted by Crippen LogP contribution is -2.45. The summed E-state index contributed by atoms with van der Waals surface area (Å²) in [4.78, 5) is 13.0. The Bertz CT molecular complexity index is 1100. The van der Waals surface area contributed by atoms with Crippen LogP contribution in [0.2, 0.25) is 0 Å². The number of alkyl halides is 2. The van der Waals surface area contributed by atoms with Gasteiger partial charge in [-0.25, -0.2) is 31.3 Å². The molecular weight excluding hydrogens is 445 g/mol. The molecule has 174 valence electrons. The first kappa shape index (κ1) is 23.9. The highest BCUT2D eigenvalue weighted by Gasteiger charge is 2.28. The second-order valence-electron chi connectivity index (χ2n) is 7.86. The normalized spacial score (nSPS) is 19.8. The SMILES string of the molecule is CC1CCC(CNS(C)(=O)=O)CN1c1cc(-c2cnc(/C=C\C(=N)C(F)F)[nH]2)ncc1F. The first-order chi connectivity index (χ1) is 15.0. The number of H-pyrrole nitrogens is 1. The van der Waals surface area contributed by atoms with E-state index in [1.54, 1.807) is 6.07 Å². The number of piperidine rings is 1. The molecule has 8 nitrogen and oxygen atoms in total. The van der Waals surface area contributed by atoms with Gasteiger partial charge in [0, 0.05) is 19.1 Å². The summed E-state index contributed by atoms with van der Waals surface area (Å²) in [6.07, 6.45) is 4.62. The van der Waals surface area contributed by atoms with Crippen LogP contribution in [0, 0.1) is 17.1 Å². The molecule has 1 aliphatic heterocycles. The molecule has 3 rings (SSSR count). The van der Waals surface area contributed by atoms with Gasteiger partial charge in [-0.2, -0.15) is 0 Å². The van der Waals surface area contributed by atoms with Crippen LogP contribution < -0.4 is 9.62 Å². The van der Waals surface area contributed by atoms with Crippen LogP contribution in [0.25, 0.3) is 17.5 Å². The number of aromatic nitrogens is 3. The topological polar surface area (TPSA) is 115 Å². The van der Waals surface area contributed by atoms with E-state index in [9.17, 15) is 21.6 Å². The molecule has 2 aromatic rings. The number of sulfonamides is 1. The van der Waals surface area contributed by atoms with E-state index in [0.29, 0.717) is 23.6 Å². The molecule has 3 N–H and O–H groups in total. The number of halogens is 3. The van der Waals surface area contributed by atoms with Crippen molar-refractivity contribution in [2.45, 2.75) is 32.2 Å². The predicted molar refractivity (Wildman–Crippen MR) is 117 cm³/mol. The van der Waals surface area contributed by atoms with Gasteiger partial charge >= 0.3 is 0 Å². The summed E-state index contributed by atoms with van der Waals surface area (Å²) in [5.41, 5.74) is 0.400. The van der Waals surface area contributed by atoms with E-state index in [0.717, 1.165) is 31.4 Å². The molecule has 32 heavy (non-hydrogen) atoms. The van der Waals surface area contributed by atoms with Crippen LogP contribution in [0.5, 0.6) is 0 Å². The lowest BCUT2D eigenvalue weighted by Gasteiger charge is -2.39. The van der Waals surface area contributed by atoms with Gasteiger partial charge in [0.25, 0.3) is 6.43 Å². The smallest absolute Gasteiger partial charge is 0.279 e. The minimum absolute atomic E-state index is 0.0333. The molecule has 12 heteroatoms. The number of nitrogens with one attached hydrogen (secondary N) is 3. The molecule has 0 aliphatic carbocycles. The zero-order chi connectivity index (χ0) is 23.5. The van der Waals surface area contributed by atoms with Crippen LogP contribution in [0.15, 0.2) is 24.5 Å². The van der Waals surface area contributed by atoms with Gasteiger partial charge in [0.15, 0.2) is 5.82 Å². The van der Waals surface area contributed by atoms with E-state index in [2.05, 4.69) is 19.7 Å². The van der Waals surface area contributed by atoms with Crippen molar-refractivity contribution in [1.82, 2.24) is 19.7 Å². The van der Waals surface area contributed by atoms with Crippen LogP contribution in [0.4, 0.5) is 18.9 Å². The van der Waals surface area contributed by atoms with Crippen molar-refractivity contribution in [2.24, 2.45) is 5.92 Å². The van der Waals surface area contributed by atoms with Crippen LogP contribution in [-0.4, -0.2) is 60.9 Å². The summed E-state index contributed by atoms with van der Waals surface area (Å²) in [6.45, 7) is 2.75. The van der Waals surface area contributed by atoms with Crippen LogP contribution in [-0.2, 0) is 10.0 Å². The molecule has 3 heterocycles. The van der Waals surface area contributed by atoms with Crippen LogP contribution in [0.3, 0.4) is 0 Å². The molecular formula is C20H25F3N6O2S. The van der Waals surface area contributed by atoms with Crippen molar-refractivity contribution in [1.29, 1.82) is 5.41 Å². The Morgan fingerprint density at radius 3 is 2.81 bits per heavy atom. The van der Waals surface area contributed by atoms with E-state index in [-0.39, 0.29) is 24.3 Å². The third kappa shape index (κ3) is 6.16. The number of aromatic amines is 1. The van der Waals surface area contributed by atoms with Crippen molar-refractivity contribution in [3.05, 3.63) is 36.2 Å². The second-order valence-corrected chi connectivity index (χ2v) is 9.69. The molecule has 2 atom stereocenters. The van der Waals surface area contributed by atoms with Gasteiger partial charge in [-0.1, -0.05) is 0 Å². The highest BCUT2D eigenvalue weighted by Crippen LogP contribution is 2.31. The average molecular weight is 471 g/mol. The third-order valence-corrected chi connectivity index (χ3v) is 5.98. The quantitative estimate of drug-likeness (QED) is 0.513. The number of hydrogen-bond acceptors (Lipinski definition) is 6. The molecule has 0 saturated carbocycles. The van der Waals surface area contributed by atoms with Crippen molar-refractivity contribution < 1.29 is 21.6 Å². The minimum atomic E-state index is -3.31. The number of anilines is 1. The molecule has 1 saturated heterocycles. The zero-order valence-corrected chi connectivity index (χ0v) is 18.5. The van der Waals surface area contributed by atoms with E-state index in [4.69, 9.17) is 5.41 Å². The number of rotatable bonds is 8. The average Bonchev–Trinajstić information content (AvgIpc) is 3.20. The van der Waals surface area contributed by atoms with E-state index in [1.807, 2.05) is 11.8 Å². The van der Waals surface area contributed by atoms with Crippen molar-refractivity contribution in [3.8, 4) is 11.4 Å². The zero-order valence-electron chi connectivity index (χ0n) is 17.6. The summed E-state index contributed by atoms with van der Waals surface area (Å²) in [7, 11) is -3.31.